The van der Waals surface area contributed by atoms with Gasteiger partial charge in [0.15, 0.2) is 0 Å². The minimum Gasteiger partial charge on any atom is -0.493 e. The predicted molar refractivity (Wildman–Crippen MR) is 139 cm³/mol. The summed E-state index contributed by atoms with van der Waals surface area (Å²) in [6, 6.07) is 16.4. The van der Waals surface area contributed by atoms with Crippen LogP contribution in [0.1, 0.15) is 54.6 Å². The van der Waals surface area contributed by atoms with Gasteiger partial charge in [-0.3, -0.25) is 9.69 Å². The quantitative estimate of drug-likeness (QED) is 0.508. The Morgan fingerprint density at radius 1 is 1.00 bits per heavy atom. The Morgan fingerprint density at radius 3 is 2.16 bits per heavy atom. The largest absolute Gasteiger partial charge is 0.493 e. The number of para-hydroxylation sites is 1. The van der Waals surface area contributed by atoms with Crippen molar-refractivity contribution in [1.29, 1.82) is 0 Å². The van der Waals surface area contributed by atoms with Crippen LogP contribution in [0.5, 0.6) is 5.75 Å². The number of halogens is 3. The number of piperidine rings is 1. The number of aryl methyl sites for hydroxylation is 1. The van der Waals surface area contributed by atoms with E-state index in [4.69, 9.17) is 14.6 Å². The molecule has 1 spiro atoms. The molecule has 0 aliphatic carbocycles. The third-order valence-corrected chi connectivity index (χ3v) is 7.12. The molecule has 2 aliphatic heterocycles. The normalized spacial score (nSPS) is 17.3. The zero-order valence-corrected chi connectivity index (χ0v) is 22.3. The minimum absolute atomic E-state index is 0.190. The van der Waals surface area contributed by atoms with Crippen molar-refractivity contribution in [2.75, 3.05) is 32.8 Å². The van der Waals surface area contributed by atoms with Crippen molar-refractivity contribution < 1.29 is 32.6 Å². The Labute approximate surface area is 222 Å². The molecule has 0 radical (unpaired) electrons. The van der Waals surface area contributed by atoms with E-state index in [1.165, 1.54) is 24.0 Å². The number of nitrogens with zero attached hydrogens (tertiary/aromatic N) is 2. The van der Waals surface area contributed by atoms with Gasteiger partial charge in [0, 0.05) is 30.8 Å². The number of carboxylic acids is 1. The fourth-order valence-corrected chi connectivity index (χ4v) is 4.85. The number of carbonyl (C=O) groups excluding carboxylic acids is 1. The average Bonchev–Trinajstić information content (AvgIpc) is 3.28. The van der Waals surface area contributed by atoms with Gasteiger partial charge < -0.3 is 14.7 Å². The number of hydrogen-bond acceptors (Lipinski definition) is 4. The number of aliphatic carboxylic acids is 1. The first-order valence-corrected chi connectivity index (χ1v) is 13.0. The van der Waals surface area contributed by atoms with Crippen LogP contribution in [-0.2, 0) is 11.3 Å². The van der Waals surface area contributed by atoms with Crippen molar-refractivity contribution in [1.82, 2.24) is 9.80 Å². The lowest BCUT2D eigenvalue weighted by atomic mass is 9.77. The lowest BCUT2D eigenvalue weighted by Crippen LogP contribution is -2.42. The highest BCUT2D eigenvalue weighted by Crippen LogP contribution is 2.41. The Hall–Kier alpha value is -3.07. The van der Waals surface area contributed by atoms with Crippen LogP contribution in [0, 0.1) is 18.3 Å². The molecule has 0 atom stereocenters. The fourth-order valence-electron chi connectivity index (χ4n) is 4.85. The van der Waals surface area contributed by atoms with Crippen molar-refractivity contribution in [3.05, 3.63) is 65.2 Å². The van der Waals surface area contributed by atoms with Gasteiger partial charge in [0.1, 0.15) is 5.75 Å². The fraction of sp³-hybridized carbons (Fsp3) is 0.517. The minimum atomic E-state index is -5.08. The summed E-state index contributed by atoms with van der Waals surface area (Å²) in [5, 5.41) is 7.12. The number of carbonyl (C=O) groups is 2. The first-order chi connectivity index (χ1) is 17.9. The highest BCUT2D eigenvalue weighted by atomic mass is 19.4. The summed E-state index contributed by atoms with van der Waals surface area (Å²) < 4.78 is 37.8. The molecule has 4 rings (SSSR count). The molecule has 0 saturated carbocycles. The van der Waals surface area contributed by atoms with Crippen molar-refractivity contribution in [3.63, 3.8) is 0 Å². The molecule has 0 aromatic heterocycles. The van der Waals surface area contributed by atoms with E-state index in [2.05, 4.69) is 54.8 Å². The van der Waals surface area contributed by atoms with Gasteiger partial charge in [0.25, 0.3) is 5.91 Å². The molecule has 9 heteroatoms. The standard InChI is InChI=1S/C27H36N2O2.C2HF3O2/c1-21(2)19-31-25-7-5-4-6-24(25)18-28-15-12-27(13-16-28)14-17-29(20-27)26(30)23-10-8-22(3)9-11-23;3-2(4,5)1(6)7/h4-11,21H,12-20H2,1-3H3;(H,6,7). The number of carboxylic acid groups (broad SMARTS) is 1. The topological polar surface area (TPSA) is 70.1 Å². The van der Waals surface area contributed by atoms with Gasteiger partial charge in [0.05, 0.1) is 6.61 Å². The number of hydrogen-bond donors (Lipinski definition) is 1. The molecule has 2 aliphatic rings. The first-order valence-electron chi connectivity index (χ1n) is 13.0. The third kappa shape index (κ3) is 8.21. The summed E-state index contributed by atoms with van der Waals surface area (Å²) in [4.78, 5) is 26.5. The van der Waals surface area contributed by atoms with Gasteiger partial charge in [-0.1, -0.05) is 49.7 Å². The zero-order valence-electron chi connectivity index (χ0n) is 22.3. The van der Waals surface area contributed by atoms with Crippen LogP contribution >= 0.6 is 0 Å². The van der Waals surface area contributed by atoms with Crippen LogP contribution in [0.2, 0.25) is 0 Å². The SMILES string of the molecule is Cc1ccc(C(=O)N2CCC3(CCN(Cc4ccccc4OCC(C)C)CC3)C2)cc1.O=C(O)C(F)(F)F. The van der Waals surface area contributed by atoms with Gasteiger partial charge in [-0.25, -0.2) is 4.79 Å². The number of likely N-dealkylation sites (tertiary alicyclic amines) is 2. The molecule has 1 amide bonds. The molecule has 38 heavy (non-hydrogen) atoms. The lowest BCUT2D eigenvalue weighted by molar-refractivity contribution is -0.192. The molecule has 1 N–H and O–H groups in total. The van der Waals surface area contributed by atoms with Crippen LogP contribution in [0.25, 0.3) is 0 Å². The molecule has 2 fully saturated rings. The second kappa shape index (κ2) is 12.7. The van der Waals surface area contributed by atoms with Crippen LogP contribution in [0.3, 0.4) is 0 Å². The Kier molecular flexibility index (Phi) is 9.82. The van der Waals surface area contributed by atoms with Gasteiger partial charge in [-0.15, -0.1) is 0 Å². The number of benzene rings is 2. The average molecular weight is 535 g/mol. The van der Waals surface area contributed by atoms with Crippen molar-refractivity contribution in [2.45, 2.75) is 52.8 Å². The number of alkyl halides is 3. The molecule has 6 nitrogen and oxygen atoms in total. The van der Waals surface area contributed by atoms with Crippen molar-refractivity contribution in [3.8, 4) is 5.75 Å². The molecule has 2 saturated heterocycles. The first kappa shape index (κ1) is 29.5. The maximum absolute atomic E-state index is 12.9. The van der Waals surface area contributed by atoms with Crippen LogP contribution in [0.4, 0.5) is 13.2 Å². The zero-order chi connectivity index (χ0) is 27.9. The van der Waals surface area contributed by atoms with Crippen LogP contribution in [-0.4, -0.2) is 65.7 Å². The smallest absolute Gasteiger partial charge is 0.490 e. The van der Waals surface area contributed by atoms with Gasteiger partial charge in [-0.05, 0) is 68.8 Å². The highest BCUT2D eigenvalue weighted by molar-refractivity contribution is 5.94. The summed E-state index contributed by atoms with van der Waals surface area (Å²) in [7, 11) is 0. The molecular formula is C29H37F3N2O4. The van der Waals surface area contributed by atoms with E-state index >= 15 is 0 Å². The highest BCUT2D eigenvalue weighted by Gasteiger charge is 2.42. The van der Waals surface area contributed by atoms with Crippen LogP contribution < -0.4 is 4.74 Å². The van der Waals surface area contributed by atoms with E-state index < -0.39 is 12.1 Å². The molecule has 0 unspecified atom stereocenters. The predicted octanol–water partition coefficient (Wildman–Crippen LogP) is 5.79. The third-order valence-electron chi connectivity index (χ3n) is 7.12. The van der Waals surface area contributed by atoms with Gasteiger partial charge >= 0.3 is 12.1 Å². The van der Waals surface area contributed by atoms with Crippen molar-refractivity contribution in [2.24, 2.45) is 11.3 Å². The number of ether oxygens (including phenoxy) is 1. The number of rotatable bonds is 6. The Balaban J connectivity index is 0.000000505. The summed E-state index contributed by atoms with van der Waals surface area (Å²) in [5.74, 6) is -1.02. The van der Waals surface area contributed by atoms with Gasteiger partial charge in [-0.2, -0.15) is 13.2 Å². The maximum Gasteiger partial charge on any atom is 0.490 e. The van der Waals surface area contributed by atoms with E-state index in [-0.39, 0.29) is 5.91 Å². The molecule has 2 heterocycles. The maximum atomic E-state index is 12.9. The van der Waals surface area contributed by atoms with Crippen molar-refractivity contribution >= 4 is 11.9 Å². The Morgan fingerprint density at radius 2 is 1.58 bits per heavy atom. The molecular weight excluding hydrogens is 497 g/mol. The van der Waals surface area contributed by atoms with E-state index in [1.54, 1.807) is 0 Å². The van der Waals surface area contributed by atoms with E-state index in [0.717, 1.165) is 57.1 Å². The summed E-state index contributed by atoms with van der Waals surface area (Å²) in [5.41, 5.74) is 3.59. The van der Waals surface area contributed by atoms with Gasteiger partial charge in [0.2, 0.25) is 0 Å². The second-order valence-corrected chi connectivity index (χ2v) is 10.7. The van der Waals surface area contributed by atoms with E-state index in [0.29, 0.717) is 11.3 Å². The second-order valence-electron chi connectivity index (χ2n) is 10.7. The number of amides is 1. The molecule has 0 bridgehead atoms. The van der Waals surface area contributed by atoms with E-state index in [9.17, 15) is 18.0 Å². The summed E-state index contributed by atoms with van der Waals surface area (Å²) in [6.07, 6.45) is -1.62. The van der Waals surface area contributed by atoms with E-state index in [1.807, 2.05) is 24.3 Å². The summed E-state index contributed by atoms with van der Waals surface area (Å²) in [6.45, 7) is 12.1. The monoisotopic (exact) mass is 534 g/mol. The molecule has 2 aromatic carbocycles. The van der Waals surface area contributed by atoms with Crippen LogP contribution in [0.15, 0.2) is 48.5 Å². The molecule has 208 valence electrons. The Bertz CT molecular complexity index is 1080. The summed E-state index contributed by atoms with van der Waals surface area (Å²) >= 11 is 0. The molecule has 2 aromatic rings. The lowest BCUT2D eigenvalue weighted by Gasteiger charge is -2.39.